The highest BCUT2D eigenvalue weighted by Crippen LogP contribution is 2.44. The molecule has 2 N–H and O–H groups in total. The summed E-state index contributed by atoms with van der Waals surface area (Å²) in [7, 11) is 0. The molecule has 46 heavy (non-hydrogen) atoms. The van der Waals surface area contributed by atoms with Crippen LogP contribution in [0.4, 0.5) is 19.0 Å². The molecule has 12 heteroatoms. The molecule has 9 nitrogen and oxygen atoms in total. The van der Waals surface area contributed by atoms with Crippen molar-refractivity contribution in [2.24, 2.45) is 0 Å². The van der Waals surface area contributed by atoms with Crippen molar-refractivity contribution >= 4 is 27.5 Å². The predicted molar refractivity (Wildman–Crippen MR) is 167 cm³/mol. The molecule has 0 unspecified atom stereocenters. The van der Waals surface area contributed by atoms with Gasteiger partial charge in [-0.25, -0.2) is 18.2 Å². The Balaban J connectivity index is 1.33. The molecule has 6 heterocycles. The number of nitrogens with one attached hydrogen (secondary N) is 1. The van der Waals surface area contributed by atoms with Crippen molar-refractivity contribution in [3.05, 3.63) is 41.5 Å². The average molecular weight is 631 g/mol. The molecule has 0 aliphatic carbocycles. The summed E-state index contributed by atoms with van der Waals surface area (Å²) in [6.45, 7) is 4.89. The van der Waals surface area contributed by atoms with Crippen molar-refractivity contribution in [3.8, 4) is 41.2 Å². The van der Waals surface area contributed by atoms with E-state index in [2.05, 4.69) is 37.9 Å². The highest BCUT2D eigenvalue weighted by Gasteiger charge is 2.49. The fraction of sp³-hybridized carbons (Fsp3) is 0.441. The number of terminal acetylenes is 1. The van der Waals surface area contributed by atoms with Gasteiger partial charge in [-0.2, -0.15) is 9.97 Å². The second-order valence-electron chi connectivity index (χ2n) is 12.8. The van der Waals surface area contributed by atoms with E-state index in [1.807, 2.05) is 0 Å². The van der Waals surface area contributed by atoms with Gasteiger partial charge in [0.15, 0.2) is 5.82 Å². The Labute approximate surface area is 263 Å². The maximum atomic E-state index is 17.0. The lowest BCUT2D eigenvalue weighted by Crippen LogP contribution is -2.58. The van der Waals surface area contributed by atoms with Gasteiger partial charge in [0, 0.05) is 43.0 Å². The van der Waals surface area contributed by atoms with E-state index in [1.54, 1.807) is 0 Å². The lowest BCUT2D eigenvalue weighted by atomic mass is 9.95. The van der Waals surface area contributed by atoms with Gasteiger partial charge in [-0.1, -0.05) is 18.9 Å². The minimum absolute atomic E-state index is 0.0311. The van der Waals surface area contributed by atoms with E-state index >= 15 is 4.39 Å². The third-order valence-corrected chi connectivity index (χ3v) is 10.1. The van der Waals surface area contributed by atoms with Crippen LogP contribution >= 0.6 is 0 Å². The molecular formula is C34H33F3N6O3. The maximum absolute atomic E-state index is 17.0. The summed E-state index contributed by atoms with van der Waals surface area (Å²) in [5, 5.41) is 15.1. The van der Waals surface area contributed by atoms with Crippen molar-refractivity contribution in [3.63, 3.8) is 0 Å². The summed E-state index contributed by atoms with van der Waals surface area (Å²) in [6.07, 6.45) is 7.76. The number of rotatable bonds is 5. The number of pyridine rings is 1. The summed E-state index contributed by atoms with van der Waals surface area (Å²) < 4.78 is 58.9. The molecule has 2 aromatic heterocycles. The van der Waals surface area contributed by atoms with E-state index in [4.69, 9.17) is 20.9 Å². The molecule has 0 radical (unpaired) electrons. The summed E-state index contributed by atoms with van der Waals surface area (Å²) in [6, 6.07) is 5.42. The monoisotopic (exact) mass is 630 g/mol. The largest absolute Gasteiger partial charge is 0.508 e. The topological polar surface area (TPSA) is 95.9 Å². The molecule has 4 aromatic rings. The number of aromatic hydroxyl groups is 1. The molecule has 0 bridgehead atoms. The van der Waals surface area contributed by atoms with Crippen LogP contribution in [-0.4, -0.2) is 88.1 Å². The number of phenols is 1. The zero-order valence-electron chi connectivity index (χ0n) is 25.3. The Hall–Kier alpha value is -4.34. The van der Waals surface area contributed by atoms with Gasteiger partial charge in [0.2, 0.25) is 5.88 Å². The lowest BCUT2D eigenvalue weighted by molar-refractivity contribution is 0.107. The normalized spacial score (nSPS) is 25.6. The number of fused-ring (bicyclic) bond motifs is 4. The summed E-state index contributed by atoms with van der Waals surface area (Å²) in [5.74, 6) is 1.28. The zero-order valence-corrected chi connectivity index (χ0v) is 25.3. The van der Waals surface area contributed by atoms with E-state index in [9.17, 15) is 13.9 Å². The quantitative estimate of drug-likeness (QED) is 0.304. The Morgan fingerprint density at radius 2 is 2.07 bits per heavy atom. The average Bonchev–Trinajstić information content (AvgIpc) is 3.53. The Morgan fingerprint density at radius 3 is 2.89 bits per heavy atom. The van der Waals surface area contributed by atoms with Gasteiger partial charge in [0.1, 0.15) is 53.4 Å². The highest BCUT2D eigenvalue weighted by atomic mass is 19.1. The van der Waals surface area contributed by atoms with Gasteiger partial charge in [0.25, 0.3) is 0 Å². The molecule has 3 fully saturated rings. The molecule has 4 aliphatic rings. The van der Waals surface area contributed by atoms with E-state index in [1.165, 1.54) is 24.3 Å². The third kappa shape index (κ3) is 4.51. The zero-order chi connectivity index (χ0) is 31.7. The lowest BCUT2D eigenvalue weighted by Gasteiger charge is -2.39. The first-order valence-corrected chi connectivity index (χ1v) is 15.8. The maximum Gasteiger partial charge on any atom is 0.319 e. The van der Waals surface area contributed by atoms with Gasteiger partial charge >= 0.3 is 6.01 Å². The van der Waals surface area contributed by atoms with Crippen LogP contribution in [0.2, 0.25) is 0 Å². The van der Waals surface area contributed by atoms with Crippen molar-refractivity contribution < 1.29 is 27.8 Å². The highest BCUT2D eigenvalue weighted by molar-refractivity contribution is 6.04. The van der Waals surface area contributed by atoms with E-state index in [0.717, 1.165) is 25.8 Å². The standard InChI is InChI=1S/C34H33F3N6O3/c1-3-20-15-43-21(13-38-20)16-45-32-27-30(40-33(41-31(27)43)46-17-34-8-5-9-42(34)14-19(35)12-34)28(37)29(39-32)24-11-22(44)10-18-6-7-25(36)23(4-2)26(18)24/h2,6-7,10-11,19-21,38,44H,3,5,8-9,12-17H2,1H3/t19-,20-,21+,34-/m1/s1. The summed E-state index contributed by atoms with van der Waals surface area (Å²) >= 11 is 0. The fourth-order valence-electron chi connectivity index (χ4n) is 7.78. The Morgan fingerprint density at radius 1 is 1.20 bits per heavy atom. The first-order valence-electron chi connectivity index (χ1n) is 15.8. The van der Waals surface area contributed by atoms with Crippen molar-refractivity contribution in [2.45, 2.75) is 56.4 Å². The third-order valence-electron chi connectivity index (χ3n) is 10.1. The second kappa shape index (κ2) is 10.9. The van der Waals surface area contributed by atoms with Crippen molar-refractivity contribution in [2.75, 3.05) is 44.3 Å². The number of hydrogen-bond acceptors (Lipinski definition) is 9. The minimum atomic E-state index is -0.931. The van der Waals surface area contributed by atoms with Crippen LogP contribution in [-0.2, 0) is 0 Å². The van der Waals surface area contributed by atoms with E-state index in [-0.39, 0.29) is 70.7 Å². The van der Waals surface area contributed by atoms with E-state index < -0.39 is 23.3 Å². The predicted octanol–water partition coefficient (Wildman–Crippen LogP) is 4.71. The molecule has 0 spiro atoms. The van der Waals surface area contributed by atoms with Gasteiger partial charge in [-0.15, -0.1) is 6.42 Å². The molecule has 0 saturated carbocycles. The molecular weight excluding hydrogens is 597 g/mol. The summed E-state index contributed by atoms with van der Waals surface area (Å²) in [4.78, 5) is 18.3. The Kier molecular flexibility index (Phi) is 6.88. The van der Waals surface area contributed by atoms with Gasteiger partial charge in [-0.05, 0) is 49.4 Å². The number of hydrogen-bond donors (Lipinski definition) is 2. The van der Waals surface area contributed by atoms with Crippen LogP contribution in [0.1, 0.15) is 38.2 Å². The molecule has 4 aliphatic heterocycles. The fourth-order valence-corrected chi connectivity index (χ4v) is 7.78. The van der Waals surface area contributed by atoms with Crippen LogP contribution < -0.4 is 19.7 Å². The van der Waals surface area contributed by atoms with Crippen LogP contribution in [0.25, 0.3) is 32.9 Å². The SMILES string of the molecule is C#Cc1c(F)ccc2cc(O)cc(-c3nc4c5c(nc(OC[C@]67CCCN6C[C@H](F)C7)nc5c3F)N3C[C@@H](CC)NC[C@H]3CO4)c12. The number of halogens is 3. The number of phenolic OH excluding ortho intramolecular Hbond substituents is 1. The van der Waals surface area contributed by atoms with Crippen LogP contribution in [0.5, 0.6) is 17.6 Å². The first kappa shape index (κ1) is 29.1. The molecule has 8 rings (SSSR count). The van der Waals surface area contributed by atoms with E-state index in [0.29, 0.717) is 42.6 Å². The molecule has 3 saturated heterocycles. The van der Waals surface area contributed by atoms with Crippen molar-refractivity contribution in [1.82, 2.24) is 25.2 Å². The van der Waals surface area contributed by atoms with Crippen molar-refractivity contribution in [1.29, 1.82) is 0 Å². The number of piperazine rings is 1. The number of aromatic nitrogens is 3. The molecule has 4 atom stereocenters. The number of benzene rings is 2. The number of anilines is 1. The van der Waals surface area contributed by atoms with Crippen LogP contribution in [0.3, 0.4) is 0 Å². The van der Waals surface area contributed by atoms with Gasteiger partial charge in [-0.3, -0.25) is 4.90 Å². The second-order valence-corrected chi connectivity index (χ2v) is 12.8. The first-order chi connectivity index (χ1) is 22.3. The summed E-state index contributed by atoms with van der Waals surface area (Å²) in [5.41, 5.74) is -0.729. The molecule has 2 aromatic carbocycles. The number of alkyl halides is 1. The smallest absolute Gasteiger partial charge is 0.319 e. The van der Waals surface area contributed by atoms with Crippen LogP contribution in [0.15, 0.2) is 24.3 Å². The number of nitrogens with zero attached hydrogens (tertiary/aromatic N) is 5. The van der Waals surface area contributed by atoms with Gasteiger partial charge < -0.3 is 24.8 Å². The molecule has 0 amide bonds. The Bertz CT molecular complexity index is 1930. The number of ether oxygens (including phenoxy) is 2. The molecule has 238 valence electrons. The van der Waals surface area contributed by atoms with Crippen LogP contribution in [0, 0.1) is 24.0 Å². The minimum Gasteiger partial charge on any atom is -0.508 e. The van der Waals surface area contributed by atoms with Gasteiger partial charge in [0.05, 0.1) is 17.1 Å².